The first kappa shape index (κ1) is 17.3. The van der Waals surface area contributed by atoms with Gasteiger partial charge in [-0.25, -0.2) is 9.37 Å². The first-order valence-electron chi connectivity index (χ1n) is 7.80. The molecule has 0 aliphatic carbocycles. The van der Waals surface area contributed by atoms with Crippen LogP contribution in [0.2, 0.25) is 0 Å². The molecular formula is C18H18F3N3O. The Kier molecular flexibility index (Phi) is 4.94. The Hall–Kier alpha value is -2.54. The summed E-state index contributed by atoms with van der Waals surface area (Å²) in [6.45, 7) is -0.938. The zero-order chi connectivity index (χ0) is 18.0. The molecule has 0 aliphatic heterocycles. The molecule has 3 rings (SSSR count). The summed E-state index contributed by atoms with van der Waals surface area (Å²) in [4.78, 5) is 4.32. The van der Waals surface area contributed by atoms with Crippen molar-refractivity contribution in [2.75, 3.05) is 12.4 Å². The lowest BCUT2D eigenvalue weighted by Gasteiger charge is -2.19. The Morgan fingerprint density at radius 3 is 2.64 bits per heavy atom. The fourth-order valence-electron chi connectivity index (χ4n) is 2.86. The summed E-state index contributed by atoms with van der Waals surface area (Å²) in [5.74, 6) is -0.231. The summed E-state index contributed by atoms with van der Waals surface area (Å²) in [6, 6.07) is 10.7. The van der Waals surface area contributed by atoms with Crippen molar-refractivity contribution in [1.82, 2.24) is 9.55 Å². The number of anilines is 1. The van der Waals surface area contributed by atoms with Crippen LogP contribution < -0.4 is 5.32 Å². The van der Waals surface area contributed by atoms with E-state index in [1.807, 2.05) is 0 Å². The van der Waals surface area contributed by atoms with Crippen LogP contribution in [-0.2, 0) is 11.3 Å². The summed E-state index contributed by atoms with van der Waals surface area (Å²) in [5, 5.41) is 3.07. The average molecular weight is 349 g/mol. The number of methoxy groups -OCH3 is 1. The molecular weight excluding hydrogens is 331 g/mol. The van der Waals surface area contributed by atoms with Crippen molar-refractivity contribution in [1.29, 1.82) is 0 Å². The first-order valence-corrected chi connectivity index (χ1v) is 7.80. The number of hydrogen-bond acceptors (Lipinski definition) is 3. The zero-order valence-corrected chi connectivity index (χ0v) is 13.8. The lowest BCUT2D eigenvalue weighted by atomic mass is 10.1. The van der Waals surface area contributed by atoms with Crippen LogP contribution in [0.15, 0.2) is 42.5 Å². The molecule has 3 aromatic rings. The summed E-state index contributed by atoms with van der Waals surface area (Å²) >= 11 is 0. The molecule has 0 spiro atoms. The van der Waals surface area contributed by atoms with E-state index < -0.39 is 18.4 Å². The monoisotopic (exact) mass is 349 g/mol. The third-order valence-corrected chi connectivity index (χ3v) is 3.99. The van der Waals surface area contributed by atoms with E-state index in [2.05, 4.69) is 10.3 Å². The number of halogens is 3. The number of benzene rings is 2. The maximum absolute atomic E-state index is 14.0. The Morgan fingerprint density at radius 1 is 1.16 bits per heavy atom. The van der Waals surface area contributed by atoms with Gasteiger partial charge in [0.15, 0.2) is 0 Å². The first-order chi connectivity index (χ1) is 12.0. The largest absolute Gasteiger partial charge is 0.380 e. The second-order valence-electron chi connectivity index (χ2n) is 5.67. The third kappa shape index (κ3) is 3.32. The lowest BCUT2D eigenvalue weighted by Crippen LogP contribution is -2.16. The number of aromatic nitrogens is 2. The van der Waals surface area contributed by atoms with Crippen LogP contribution in [0.4, 0.5) is 18.9 Å². The van der Waals surface area contributed by atoms with Gasteiger partial charge in [0.1, 0.15) is 11.6 Å². The van der Waals surface area contributed by atoms with E-state index in [1.54, 1.807) is 43.3 Å². The maximum atomic E-state index is 14.0. The van der Waals surface area contributed by atoms with Crippen molar-refractivity contribution in [3.8, 4) is 0 Å². The molecule has 0 saturated heterocycles. The highest BCUT2D eigenvalue weighted by Gasteiger charge is 2.22. The second kappa shape index (κ2) is 7.14. The number of hydrogen-bond donors (Lipinski definition) is 1. The van der Waals surface area contributed by atoms with Crippen molar-refractivity contribution in [3.05, 3.63) is 59.7 Å². The number of nitrogens with one attached hydrogen (secondary N) is 1. The molecule has 1 N–H and O–H groups in total. The van der Waals surface area contributed by atoms with E-state index in [9.17, 15) is 13.2 Å². The van der Waals surface area contributed by atoms with Gasteiger partial charge in [-0.2, -0.15) is 8.78 Å². The summed E-state index contributed by atoms with van der Waals surface area (Å²) in [5.41, 5.74) is 1.68. The maximum Gasteiger partial charge on any atom is 0.320 e. The molecule has 7 heteroatoms. The van der Waals surface area contributed by atoms with Gasteiger partial charge in [-0.1, -0.05) is 18.2 Å². The fourth-order valence-corrected chi connectivity index (χ4v) is 2.86. The van der Waals surface area contributed by atoms with Crippen LogP contribution in [-0.4, -0.2) is 16.7 Å². The quantitative estimate of drug-likeness (QED) is 0.689. The van der Waals surface area contributed by atoms with Gasteiger partial charge in [-0.15, -0.1) is 0 Å². The van der Waals surface area contributed by atoms with Crippen LogP contribution >= 0.6 is 0 Å². The van der Waals surface area contributed by atoms with Crippen molar-refractivity contribution in [2.45, 2.75) is 26.1 Å². The predicted octanol–water partition coefficient (Wildman–Crippen LogP) is 4.89. The standard InChI is InChI=1S/C18H18F3N3O/c1-11(22-14-8-5-6-13(19)12(14)10-25-2)17-23-15-7-3-4-9-16(15)24(17)18(20)21/h3-9,11,18,22H,10H2,1-2H3. The third-order valence-electron chi connectivity index (χ3n) is 3.99. The number of rotatable bonds is 6. The highest BCUT2D eigenvalue weighted by Crippen LogP contribution is 2.30. The van der Waals surface area contributed by atoms with Crippen molar-refractivity contribution in [3.63, 3.8) is 0 Å². The molecule has 0 amide bonds. The topological polar surface area (TPSA) is 39.1 Å². The highest BCUT2D eigenvalue weighted by atomic mass is 19.3. The minimum Gasteiger partial charge on any atom is -0.380 e. The molecule has 1 unspecified atom stereocenters. The average Bonchev–Trinajstić information content (AvgIpc) is 2.98. The molecule has 0 saturated carbocycles. The van der Waals surface area contributed by atoms with Crippen LogP contribution in [0.5, 0.6) is 0 Å². The highest BCUT2D eigenvalue weighted by molar-refractivity contribution is 5.76. The number of alkyl halides is 2. The molecule has 1 aromatic heterocycles. The molecule has 25 heavy (non-hydrogen) atoms. The zero-order valence-electron chi connectivity index (χ0n) is 13.8. The second-order valence-corrected chi connectivity index (χ2v) is 5.67. The number of ether oxygens (including phenoxy) is 1. The molecule has 0 aliphatic rings. The molecule has 0 radical (unpaired) electrons. The molecule has 132 valence electrons. The van der Waals surface area contributed by atoms with Crippen molar-refractivity contribution >= 4 is 16.7 Å². The smallest absolute Gasteiger partial charge is 0.320 e. The fraction of sp³-hybridized carbons (Fsp3) is 0.278. The SMILES string of the molecule is COCc1c(F)cccc1NC(C)c1nc2ccccc2n1C(F)F. The van der Waals surface area contributed by atoms with E-state index in [0.717, 1.165) is 4.57 Å². The van der Waals surface area contributed by atoms with Gasteiger partial charge in [0.05, 0.1) is 23.7 Å². The van der Waals surface area contributed by atoms with E-state index in [4.69, 9.17) is 4.74 Å². The summed E-state index contributed by atoms with van der Waals surface area (Å²) in [6.07, 6.45) is 0. The normalized spacial score (nSPS) is 12.7. The van der Waals surface area contributed by atoms with Crippen LogP contribution in [0, 0.1) is 5.82 Å². The van der Waals surface area contributed by atoms with Gasteiger partial charge in [0.2, 0.25) is 0 Å². The minimum atomic E-state index is -2.72. The van der Waals surface area contributed by atoms with Gasteiger partial charge < -0.3 is 10.1 Å². The summed E-state index contributed by atoms with van der Waals surface area (Å²) < 4.78 is 47.1. The van der Waals surface area contributed by atoms with Gasteiger partial charge in [0.25, 0.3) is 0 Å². The number of para-hydroxylation sites is 2. The molecule has 0 bridgehead atoms. The Morgan fingerprint density at radius 2 is 1.92 bits per heavy atom. The Labute approximate surface area is 143 Å². The Bertz CT molecular complexity index is 879. The van der Waals surface area contributed by atoms with Crippen LogP contribution in [0.25, 0.3) is 11.0 Å². The number of imidazole rings is 1. The molecule has 2 aromatic carbocycles. The minimum absolute atomic E-state index is 0.0764. The molecule has 1 heterocycles. The van der Waals surface area contributed by atoms with Gasteiger partial charge in [-0.05, 0) is 31.2 Å². The van der Waals surface area contributed by atoms with Crippen molar-refractivity contribution < 1.29 is 17.9 Å². The lowest BCUT2D eigenvalue weighted by molar-refractivity contribution is 0.0708. The van der Waals surface area contributed by atoms with Crippen LogP contribution in [0.3, 0.4) is 0 Å². The summed E-state index contributed by atoms with van der Waals surface area (Å²) in [7, 11) is 1.47. The molecule has 4 nitrogen and oxygen atoms in total. The van der Waals surface area contributed by atoms with Gasteiger partial charge in [0, 0.05) is 18.4 Å². The molecule has 1 atom stereocenters. The van der Waals surface area contributed by atoms with Gasteiger partial charge in [-0.3, -0.25) is 4.57 Å². The van der Waals surface area contributed by atoms with E-state index in [0.29, 0.717) is 22.3 Å². The van der Waals surface area contributed by atoms with E-state index >= 15 is 0 Å². The molecule has 0 fully saturated rings. The van der Waals surface area contributed by atoms with Gasteiger partial charge >= 0.3 is 6.55 Å². The van der Waals surface area contributed by atoms with Crippen LogP contribution in [0.1, 0.15) is 30.9 Å². The van der Waals surface area contributed by atoms with E-state index in [1.165, 1.54) is 13.2 Å². The predicted molar refractivity (Wildman–Crippen MR) is 90.1 cm³/mol. The Balaban J connectivity index is 2.00. The van der Waals surface area contributed by atoms with E-state index in [-0.39, 0.29) is 12.4 Å². The van der Waals surface area contributed by atoms with Crippen molar-refractivity contribution in [2.24, 2.45) is 0 Å². The number of nitrogens with zero attached hydrogens (tertiary/aromatic N) is 2. The number of fused-ring (bicyclic) bond motifs is 1.